The van der Waals surface area contributed by atoms with Gasteiger partial charge in [-0.2, -0.15) is 0 Å². The summed E-state index contributed by atoms with van der Waals surface area (Å²) in [7, 11) is 0. The number of benzene rings is 1. The molecule has 0 saturated carbocycles. The highest BCUT2D eigenvalue weighted by Crippen LogP contribution is 2.12. The van der Waals surface area contributed by atoms with Gasteiger partial charge in [-0.05, 0) is 5.56 Å². The quantitative estimate of drug-likeness (QED) is 0.679. The minimum Gasteiger partial charge on any atom is -0.350 e. The fourth-order valence-electron chi connectivity index (χ4n) is 1.45. The van der Waals surface area contributed by atoms with Crippen molar-refractivity contribution >= 4 is 6.29 Å². The molecule has 0 N–H and O–H groups in total. The van der Waals surface area contributed by atoms with Gasteiger partial charge in [0.05, 0.1) is 13.2 Å². The van der Waals surface area contributed by atoms with E-state index in [1.54, 1.807) is 12.1 Å². The zero-order valence-corrected chi connectivity index (χ0v) is 7.81. The smallest absolute Gasteiger partial charge is 0.161 e. The lowest BCUT2D eigenvalue weighted by molar-refractivity contribution is -0.0399. The fraction of sp³-hybridized carbons (Fsp3) is 0.364. The average Bonchev–Trinajstić information content (AvgIpc) is 2.72. The van der Waals surface area contributed by atoms with Crippen LogP contribution < -0.4 is 0 Å². The molecule has 0 unspecified atom stereocenters. The van der Waals surface area contributed by atoms with Gasteiger partial charge in [0.1, 0.15) is 6.29 Å². The number of carbonyl (C=O) groups is 1. The van der Waals surface area contributed by atoms with Crippen LogP contribution in [-0.4, -0.2) is 25.8 Å². The summed E-state index contributed by atoms with van der Waals surface area (Å²) in [6.07, 6.45) is 1.47. The second-order valence-corrected chi connectivity index (χ2v) is 3.23. The summed E-state index contributed by atoms with van der Waals surface area (Å²) in [6, 6.07) is 7.46. The van der Waals surface area contributed by atoms with Crippen LogP contribution in [0, 0.1) is 0 Å². The maximum Gasteiger partial charge on any atom is 0.161 e. The third kappa shape index (κ3) is 2.19. The van der Waals surface area contributed by atoms with E-state index in [2.05, 4.69) is 0 Å². The van der Waals surface area contributed by atoms with Crippen molar-refractivity contribution in [3.05, 3.63) is 35.4 Å². The monoisotopic (exact) mass is 192 g/mol. The fourth-order valence-corrected chi connectivity index (χ4v) is 1.45. The molecule has 1 aromatic carbocycles. The minimum atomic E-state index is -0.114. The van der Waals surface area contributed by atoms with Crippen molar-refractivity contribution in [2.45, 2.75) is 12.7 Å². The van der Waals surface area contributed by atoms with Crippen molar-refractivity contribution in [3.8, 4) is 0 Å². The third-order valence-corrected chi connectivity index (χ3v) is 2.21. The normalized spacial score (nSPS) is 17.1. The SMILES string of the molecule is O=Cc1ccc(CC2OCCO2)cc1. The molecular weight excluding hydrogens is 180 g/mol. The van der Waals surface area contributed by atoms with Crippen molar-refractivity contribution < 1.29 is 14.3 Å². The van der Waals surface area contributed by atoms with E-state index in [0.29, 0.717) is 18.8 Å². The van der Waals surface area contributed by atoms with Crippen LogP contribution in [0.15, 0.2) is 24.3 Å². The van der Waals surface area contributed by atoms with Crippen LogP contribution >= 0.6 is 0 Å². The van der Waals surface area contributed by atoms with E-state index in [1.807, 2.05) is 12.1 Å². The molecule has 0 radical (unpaired) electrons. The van der Waals surface area contributed by atoms with Gasteiger partial charge in [-0.1, -0.05) is 24.3 Å². The molecule has 0 spiro atoms. The lowest BCUT2D eigenvalue weighted by Gasteiger charge is -2.08. The van der Waals surface area contributed by atoms with Crippen LogP contribution in [0.25, 0.3) is 0 Å². The van der Waals surface area contributed by atoms with Crippen LogP contribution in [0.3, 0.4) is 0 Å². The molecule has 3 heteroatoms. The Morgan fingerprint density at radius 1 is 1.21 bits per heavy atom. The largest absolute Gasteiger partial charge is 0.350 e. The van der Waals surface area contributed by atoms with Gasteiger partial charge >= 0.3 is 0 Å². The standard InChI is InChI=1S/C11H12O3/c12-8-10-3-1-9(2-4-10)7-11-13-5-6-14-11/h1-4,8,11H,5-7H2. The second kappa shape index (κ2) is 4.35. The molecule has 0 aromatic heterocycles. The molecule has 0 atom stereocenters. The molecule has 1 saturated heterocycles. The van der Waals surface area contributed by atoms with Gasteiger partial charge in [-0.25, -0.2) is 0 Å². The first kappa shape index (κ1) is 9.37. The highest BCUT2D eigenvalue weighted by molar-refractivity contribution is 5.74. The van der Waals surface area contributed by atoms with Crippen molar-refractivity contribution in [1.82, 2.24) is 0 Å². The molecule has 1 fully saturated rings. The minimum absolute atomic E-state index is 0.114. The number of hydrogen-bond acceptors (Lipinski definition) is 3. The summed E-state index contributed by atoms with van der Waals surface area (Å²) in [5.41, 5.74) is 1.82. The summed E-state index contributed by atoms with van der Waals surface area (Å²) >= 11 is 0. The Morgan fingerprint density at radius 3 is 2.43 bits per heavy atom. The highest BCUT2D eigenvalue weighted by atomic mass is 16.7. The van der Waals surface area contributed by atoms with Gasteiger partial charge in [0.2, 0.25) is 0 Å². The van der Waals surface area contributed by atoms with E-state index in [4.69, 9.17) is 9.47 Å². The third-order valence-electron chi connectivity index (χ3n) is 2.21. The summed E-state index contributed by atoms with van der Waals surface area (Å²) in [5.74, 6) is 0. The van der Waals surface area contributed by atoms with E-state index in [9.17, 15) is 4.79 Å². The molecular formula is C11H12O3. The molecule has 14 heavy (non-hydrogen) atoms. The summed E-state index contributed by atoms with van der Waals surface area (Å²) in [6.45, 7) is 1.36. The van der Waals surface area contributed by atoms with E-state index >= 15 is 0 Å². The predicted molar refractivity (Wildman–Crippen MR) is 51.2 cm³/mol. The number of carbonyl (C=O) groups excluding carboxylic acids is 1. The molecule has 2 rings (SSSR count). The maximum absolute atomic E-state index is 10.4. The van der Waals surface area contributed by atoms with Crippen LogP contribution in [0.1, 0.15) is 15.9 Å². The average molecular weight is 192 g/mol. The number of aldehydes is 1. The van der Waals surface area contributed by atoms with E-state index in [-0.39, 0.29) is 6.29 Å². The lowest BCUT2D eigenvalue weighted by atomic mass is 10.1. The molecule has 3 nitrogen and oxygen atoms in total. The molecule has 0 bridgehead atoms. The first-order chi connectivity index (χ1) is 6.88. The van der Waals surface area contributed by atoms with Gasteiger partial charge in [-0.3, -0.25) is 4.79 Å². The van der Waals surface area contributed by atoms with Gasteiger partial charge in [-0.15, -0.1) is 0 Å². The van der Waals surface area contributed by atoms with Crippen molar-refractivity contribution in [1.29, 1.82) is 0 Å². The Morgan fingerprint density at radius 2 is 1.86 bits per heavy atom. The van der Waals surface area contributed by atoms with Crippen LogP contribution in [0.5, 0.6) is 0 Å². The highest BCUT2D eigenvalue weighted by Gasteiger charge is 2.15. The predicted octanol–water partition coefficient (Wildman–Crippen LogP) is 1.41. The number of ether oxygens (including phenoxy) is 2. The molecule has 1 aliphatic heterocycles. The lowest BCUT2D eigenvalue weighted by Crippen LogP contribution is -2.11. The van der Waals surface area contributed by atoms with Gasteiger partial charge in [0, 0.05) is 12.0 Å². The van der Waals surface area contributed by atoms with Crippen LogP contribution in [-0.2, 0) is 15.9 Å². The van der Waals surface area contributed by atoms with Crippen LogP contribution in [0.2, 0.25) is 0 Å². The topological polar surface area (TPSA) is 35.5 Å². The van der Waals surface area contributed by atoms with Gasteiger partial charge in [0.25, 0.3) is 0 Å². The zero-order valence-electron chi connectivity index (χ0n) is 7.81. The van der Waals surface area contributed by atoms with E-state index in [0.717, 1.165) is 18.3 Å². The Labute approximate surface area is 82.6 Å². The Bertz CT molecular complexity index is 299. The molecule has 1 aromatic rings. The number of hydrogen-bond donors (Lipinski definition) is 0. The van der Waals surface area contributed by atoms with Crippen LogP contribution in [0.4, 0.5) is 0 Å². The van der Waals surface area contributed by atoms with Crippen molar-refractivity contribution in [2.24, 2.45) is 0 Å². The molecule has 1 heterocycles. The first-order valence-corrected chi connectivity index (χ1v) is 4.66. The Hall–Kier alpha value is -1.19. The molecule has 1 aliphatic rings. The number of rotatable bonds is 3. The zero-order chi connectivity index (χ0) is 9.80. The molecule has 0 amide bonds. The van der Waals surface area contributed by atoms with Gasteiger partial charge < -0.3 is 9.47 Å². The summed E-state index contributed by atoms with van der Waals surface area (Å²) < 4.78 is 10.6. The summed E-state index contributed by atoms with van der Waals surface area (Å²) in [5, 5.41) is 0. The molecule has 0 aliphatic carbocycles. The second-order valence-electron chi connectivity index (χ2n) is 3.23. The Kier molecular flexibility index (Phi) is 2.91. The van der Waals surface area contributed by atoms with E-state index in [1.165, 1.54) is 0 Å². The maximum atomic E-state index is 10.4. The first-order valence-electron chi connectivity index (χ1n) is 4.66. The Balaban J connectivity index is 1.98. The van der Waals surface area contributed by atoms with Crippen molar-refractivity contribution in [3.63, 3.8) is 0 Å². The molecule has 74 valence electrons. The summed E-state index contributed by atoms with van der Waals surface area (Å²) in [4.78, 5) is 10.4. The van der Waals surface area contributed by atoms with Gasteiger partial charge in [0.15, 0.2) is 6.29 Å². The van der Waals surface area contributed by atoms with E-state index < -0.39 is 0 Å². The van der Waals surface area contributed by atoms with Crippen molar-refractivity contribution in [2.75, 3.05) is 13.2 Å².